The van der Waals surface area contributed by atoms with Crippen LogP contribution in [0.1, 0.15) is 26.3 Å². The van der Waals surface area contributed by atoms with Gasteiger partial charge in [-0.1, -0.05) is 34.1 Å². The number of halogens is 1. The zero-order chi connectivity index (χ0) is 23.8. The molecule has 2 aromatic carbocycles. The molecule has 1 N–H and O–H groups in total. The Morgan fingerprint density at radius 2 is 1.88 bits per heavy atom. The molecule has 0 bridgehead atoms. The molecule has 1 aliphatic heterocycles. The van der Waals surface area contributed by atoms with Gasteiger partial charge in [0.05, 0.1) is 11.5 Å². The average Bonchev–Trinajstić information content (AvgIpc) is 3.09. The number of rotatable bonds is 9. The Balaban J connectivity index is 1.79. The van der Waals surface area contributed by atoms with Gasteiger partial charge in [-0.2, -0.15) is 0 Å². The summed E-state index contributed by atoms with van der Waals surface area (Å²) in [6, 6.07) is 12.7. The van der Waals surface area contributed by atoms with Crippen molar-refractivity contribution in [3.63, 3.8) is 0 Å². The normalized spacial score (nSPS) is 15.9. The SMILES string of the molecule is CCN=C1S/C(=C/c2cc(OCC)c(OCC(=O)Nc3ccccc3)cc2Br)C(=O)N1CC. The molecule has 3 rings (SSSR count). The van der Waals surface area contributed by atoms with Gasteiger partial charge in [0.25, 0.3) is 11.8 Å². The molecule has 1 fully saturated rings. The molecule has 0 aliphatic carbocycles. The molecule has 7 nitrogen and oxygen atoms in total. The molecule has 2 amide bonds. The van der Waals surface area contributed by atoms with Crippen LogP contribution < -0.4 is 14.8 Å². The number of amidine groups is 1. The van der Waals surface area contributed by atoms with Crippen molar-refractivity contribution in [2.45, 2.75) is 20.8 Å². The van der Waals surface area contributed by atoms with Crippen LogP contribution in [0.25, 0.3) is 6.08 Å². The molecule has 1 aliphatic rings. The number of hydrogen-bond acceptors (Lipinski definition) is 6. The summed E-state index contributed by atoms with van der Waals surface area (Å²) in [6.07, 6.45) is 1.81. The van der Waals surface area contributed by atoms with Crippen molar-refractivity contribution in [3.05, 3.63) is 57.4 Å². The van der Waals surface area contributed by atoms with Crippen LogP contribution in [0, 0.1) is 0 Å². The average molecular weight is 532 g/mol. The van der Waals surface area contributed by atoms with Gasteiger partial charge in [-0.05, 0) is 68.4 Å². The number of hydrogen-bond donors (Lipinski definition) is 1. The second-order valence-corrected chi connectivity index (χ2v) is 8.74. The van der Waals surface area contributed by atoms with Gasteiger partial charge < -0.3 is 14.8 Å². The molecule has 0 atom stereocenters. The molecular formula is C24H26BrN3O4S. The molecule has 174 valence electrons. The fourth-order valence-corrected chi connectivity index (χ4v) is 4.62. The summed E-state index contributed by atoms with van der Waals surface area (Å²) in [7, 11) is 0. The first-order chi connectivity index (χ1) is 16.0. The molecule has 33 heavy (non-hydrogen) atoms. The first kappa shape index (κ1) is 24.9. The Kier molecular flexibility index (Phi) is 8.96. The van der Waals surface area contributed by atoms with Gasteiger partial charge in [0.15, 0.2) is 23.3 Å². The second kappa shape index (κ2) is 11.9. The van der Waals surface area contributed by atoms with E-state index in [1.54, 1.807) is 29.2 Å². The smallest absolute Gasteiger partial charge is 0.266 e. The maximum Gasteiger partial charge on any atom is 0.266 e. The predicted molar refractivity (Wildman–Crippen MR) is 137 cm³/mol. The molecule has 2 aromatic rings. The Hall–Kier alpha value is -2.78. The van der Waals surface area contributed by atoms with E-state index in [0.29, 0.717) is 51.4 Å². The highest BCUT2D eigenvalue weighted by Crippen LogP contribution is 2.38. The number of ether oxygens (including phenoxy) is 2. The number of nitrogens with zero attached hydrogens (tertiary/aromatic N) is 2. The van der Waals surface area contributed by atoms with Crippen molar-refractivity contribution in [1.29, 1.82) is 0 Å². The minimum Gasteiger partial charge on any atom is -0.490 e. The van der Waals surface area contributed by atoms with E-state index in [1.165, 1.54) is 11.8 Å². The van der Waals surface area contributed by atoms with Crippen molar-refractivity contribution >= 4 is 56.4 Å². The second-order valence-electron chi connectivity index (χ2n) is 6.87. The lowest BCUT2D eigenvalue weighted by Gasteiger charge is -2.14. The zero-order valence-corrected chi connectivity index (χ0v) is 21.2. The summed E-state index contributed by atoms with van der Waals surface area (Å²) in [5.74, 6) is 0.576. The highest BCUT2D eigenvalue weighted by atomic mass is 79.9. The van der Waals surface area contributed by atoms with Gasteiger partial charge >= 0.3 is 0 Å². The Morgan fingerprint density at radius 1 is 1.15 bits per heavy atom. The molecule has 1 saturated heterocycles. The van der Waals surface area contributed by atoms with E-state index in [2.05, 4.69) is 26.2 Å². The van der Waals surface area contributed by atoms with E-state index in [-0.39, 0.29) is 18.4 Å². The topological polar surface area (TPSA) is 80.2 Å². The summed E-state index contributed by atoms with van der Waals surface area (Å²) in [5, 5.41) is 3.49. The number of aliphatic imine (C=N–C) groups is 1. The van der Waals surface area contributed by atoms with Crippen molar-refractivity contribution in [3.8, 4) is 11.5 Å². The molecule has 0 aromatic heterocycles. The van der Waals surface area contributed by atoms with Gasteiger partial charge in [-0.3, -0.25) is 19.5 Å². The lowest BCUT2D eigenvalue weighted by Crippen LogP contribution is -2.28. The monoisotopic (exact) mass is 531 g/mol. The van der Waals surface area contributed by atoms with Gasteiger partial charge in [0.2, 0.25) is 0 Å². The highest BCUT2D eigenvalue weighted by molar-refractivity contribution is 9.10. The number of anilines is 1. The van der Waals surface area contributed by atoms with E-state index >= 15 is 0 Å². The van der Waals surface area contributed by atoms with Gasteiger partial charge in [-0.15, -0.1) is 0 Å². The van der Waals surface area contributed by atoms with Gasteiger partial charge in [-0.25, -0.2) is 0 Å². The number of likely N-dealkylation sites (N-methyl/N-ethyl adjacent to an activating group) is 1. The number of amides is 2. The fraction of sp³-hybridized carbons (Fsp3) is 0.292. The zero-order valence-electron chi connectivity index (χ0n) is 18.8. The van der Waals surface area contributed by atoms with E-state index in [0.717, 1.165) is 5.56 Å². The number of nitrogens with one attached hydrogen (secondary N) is 1. The van der Waals surface area contributed by atoms with E-state index < -0.39 is 0 Å². The van der Waals surface area contributed by atoms with Crippen molar-refractivity contribution in [1.82, 2.24) is 4.90 Å². The van der Waals surface area contributed by atoms with Crippen LogP contribution in [0.4, 0.5) is 5.69 Å². The summed E-state index contributed by atoms with van der Waals surface area (Å²) in [6.45, 7) is 7.17. The van der Waals surface area contributed by atoms with Crippen LogP contribution in [0.3, 0.4) is 0 Å². The van der Waals surface area contributed by atoms with Crippen LogP contribution in [0.2, 0.25) is 0 Å². The number of benzene rings is 2. The molecule has 0 spiro atoms. The number of para-hydroxylation sites is 1. The van der Waals surface area contributed by atoms with Crippen LogP contribution in [-0.4, -0.2) is 48.2 Å². The number of carbonyl (C=O) groups is 2. The van der Waals surface area contributed by atoms with E-state index in [9.17, 15) is 9.59 Å². The maximum absolute atomic E-state index is 12.8. The highest BCUT2D eigenvalue weighted by Gasteiger charge is 2.32. The lowest BCUT2D eigenvalue weighted by molar-refractivity contribution is -0.122. The summed E-state index contributed by atoms with van der Waals surface area (Å²) in [4.78, 5) is 31.7. The summed E-state index contributed by atoms with van der Waals surface area (Å²) >= 11 is 4.91. The van der Waals surface area contributed by atoms with Gasteiger partial charge in [0.1, 0.15) is 0 Å². The van der Waals surface area contributed by atoms with Crippen molar-refractivity contribution < 1.29 is 19.1 Å². The Bertz CT molecular complexity index is 1070. The predicted octanol–water partition coefficient (Wildman–Crippen LogP) is 5.18. The Labute approximate surface area is 206 Å². The Morgan fingerprint density at radius 3 is 2.55 bits per heavy atom. The number of thioether (sulfide) groups is 1. The molecule has 1 heterocycles. The minimum absolute atomic E-state index is 0.0718. The molecule has 0 unspecified atom stereocenters. The first-order valence-corrected chi connectivity index (χ1v) is 12.3. The minimum atomic E-state index is -0.277. The van der Waals surface area contributed by atoms with Crippen LogP contribution >= 0.6 is 27.7 Å². The third-order valence-electron chi connectivity index (χ3n) is 4.56. The van der Waals surface area contributed by atoms with Crippen molar-refractivity contribution in [2.24, 2.45) is 4.99 Å². The van der Waals surface area contributed by atoms with Crippen LogP contribution in [0.5, 0.6) is 11.5 Å². The van der Waals surface area contributed by atoms with Crippen LogP contribution in [-0.2, 0) is 9.59 Å². The maximum atomic E-state index is 12.8. The van der Waals surface area contributed by atoms with Gasteiger partial charge in [0, 0.05) is 23.2 Å². The van der Waals surface area contributed by atoms with E-state index in [4.69, 9.17) is 9.47 Å². The third-order valence-corrected chi connectivity index (χ3v) is 6.29. The summed E-state index contributed by atoms with van der Waals surface area (Å²) < 4.78 is 12.2. The molecule has 0 saturated carbocycles. The van der Waals surface area contributed by atoms with Crippen LogP contribution in [0.15, 0.2) is 56.8 Å². The molecule has 0 radical (unpaired) electrons. The molecular weight excluding hydrogens is 506 g/mol. The largest absolute Gasteiger partial charge is 0.490 e. The molecule has 9 heteroatoms. The quantitative estimate of drug-likeness (QED) is 0.451. The fourth-order valence-electron chi connectivity index (χ4n) is 3.09. The standard InChI is InChI=1S/C24H26BrN3O4S/c1-4-26-24-28(5-2)23(30)21(33-24)13-16-12-19(31-6-3)20(14-18(16)25)32-15-22(29)27-17-10-8-7-9-11-17/h7-14H,4-6,15H2,1-3H3,(H,27,29)/b21-13+,26-24?. The number of carbonyl (C=O) groups excluding carboxylic acids is 2. The lowest BCUT2D eigenvalue weighted by atomic mass is 10.2. The van der Waals surface area contributed by atoms with E-state index in [1.807, 2.05) is 45.0 Å². The summed E-state index contributed by atoms with van der Waals surface area (Å²) in [5.41, 5.74) is 1.47. The van der Waals surface area contributed by atoms with Crippen molar-refractivity contribution in [2.75, 3.05) is 31.6 Å². The third kappa shape index (κ3) is 6.39. The first-order valence-electron chi connectivity index (χ1n) is 10.7.